The van der Waals surface area contributed by atoms with Gasteiger partial charge >= 0.3 is 0 Å². The molecule has 0 atom stereocenters. The van der Waals surface area contributed by atoms with Gasteiger partial charge in [0, 0.05) is 27.3 Å². The average molecular weight is 741 g/mol. The summed E-state index contributed by atoms with van der Waals surface area (Å²) in [4.78, 5) is 21.4. The van der Waals surface area contributed by atoms with Crippen LogP contribution in [0.15, 0.2) is 194 Å². The van der Waals surface area contributed by atoms with E-state index in [4.69, 9.17) is 19.9 Å². The van der Waals surface area contributed by atoms with Crippen molar-refractivity contribution in [1.29, 1.82) is 0 Å². The average Bonchev–Trinajstić information content (AvgIpc) is 3.86. The van der Waals surface area contributed by atoms with Crippen LogP contribution < -0.4 is 0 Å². The largest absolute Gasteiger partial charge is 0.292 e. The quantitative estimate of drug-likeness (QED) is 0.165. The standard InChI is InChI=1S/C52H32N6/c1-3-15-33(16-4-1)35-19-13-21-37(31-35)49-54-50(38-22-14-20-36(32-38)34-17-5-2-6-18-34)56-52(55-49)58-45-27-11-8-24-40(45)42-30-29-41-39-23-7-10-26-44(39)57-46-28-12-9-25-43(46)53-51(57)47(41)48(42)58/h1-32H. The number of hydrogen-bond donors (Lipinski definition) is 0. The van der Waals surface area contributed by atoms with E-state index in [1.807, 2.05) is 12.1 Å². The van der Waals surface area contributed by atoms with E-state index in [9.17, 15) is 0 Å². The van der Waals surface area contributed by atoms with Gasteiger partial charge in [-0.25, -0.2) is 9.97 Å². The van der Waals surface area contributed by atoms with Gasteiger partial charge in [0.1, 0.15) is 5.65 Å². The molecule has 6 heteroatoms. The minimum absolute atomic E-state index is 0.538. The first-order chi connectivity index (χ1) is 28.8. The fourth-order valence-electron chi connectivity index (χ4n) is 8.71. The summed E-state index contributed by atoms with van der Waals surface area (Å²) in [6.07, 6.45) is 0. The van der Waals surface area contributed by atoms with Crippen LogP contribution in [0.4, 0.5) is 0 Å². The van der Waals surface area contributed by atoms with E-state index in [1.54, 1.807) is 0 Å². The van der Waals surface area contributed by atoms with Crippen LogP contribution in [-0.2, 0) is 0 Å². The summed E-state index contributed by atoms with van der Waals surface area (Å²) in [5.74, 6) is 1.73. The van der Waals surface area contributed by atoms with E-state index in [1.165, 1.54) is 0 Å². The number of nitrogens with zero attached hydrogens (tertiary/aromatic N) is 6. The lowest BCUT2D eigenvalue weighted by Gasteiger charge is -2.14. The van der Waals surface area contributed by atoms with Crippen molar-refractivity contribution in [3.63, 3.8) is 0 Å². The maximum Gasteiger partial charge on any atom is 0.238 e. The number of benzene rings is 8. The minimum atomic E-state index is 0.538. The van der Waals surface area contributed by atoms with Crippen molar-refractivity contribution in [3.05, 3.63) is 194 Å². The zero-order chi connectivity index (χ0) is 38.2. The first-order valence-corrected chi connectivity index (χ1v) is 19.5. The Bertz CT molecular complexity index is 3470. The molecule has 0 aliphatic rings. The molecule has 0 radical (unpaired) electrons. The van der Waals surface area contributed by atoms with Gasteiger partial charge in [-0.1, -0.05) is 158 Å². The molecule has 8 aromatic carbocycles. The number of fused-ring (bicyclic) bond motifs is 12. The van der Waals surface area contributed by atoms with Crippen LogP contribution in [-0.4, -0.2) is 28.9 Å². The topological polar surface area (TPSA) is 60.9 Å². The number of pyridine rings is 1. The second kappa shape index (κ2) is 12.8. The maximum atomic E-state index is 5.39. The van der Waals surface area contributed by atoms with Crippen LogP contribution >= 0.6 is 0 Å². The van der Waals surface area contributed by atoms with Crippen LogP contribution in [0.2, 0.25) is 0 Å². The minimum Gasteiger partial charge on any atom is -0.292 e. The summed E-state index contributed by atoms with van der Waals surface area (Å²) >= 11 is 0. The predicted molar refractivity (Wildman–Crippen MR) is 237 cm³/mol. The van der Waals surface area contributed by atoms with Gasteiger partial charge in [0.25, 0.3) is 0 Å². The first-order valence-electron chi connectivity index (χ1n) is 19.5. The molecule has 0 bridgehead atoms. The Morgan fingerprint density at radius 1 is 0.328 bits per heavy atom. The molecule has 0 aliphatic carbocycles. The molecule has 0 aliphatic heterocycles. The van der Waals surface area contributed by atoms with Gasteiger partial charge in [-0.05, 0) is 64.0 Å². The molecule has 0 saturated heterocycles. The highest BCUT2D eigenvalue weighted by atomic mass is 15.2. The van der Waals surface area contributed by atoms with Crippen LogP contribution in [0.25, 0.3) is 111 Å². The molecule has 0 fully saturated rings. The summed E-state index contributed by atoms with van der Waals surface area (Å²) < 4.78 is 4.54. The normalized spacial score (nSPS) is 11.8. The van der Waals surface area contributed by atoms with Crippen LogP contribution in [0.5, 0.6) is 0 Å². The van der Waals surface area contributed by atoms with Crippen molar-refractivity contribution in [2.24, 2.45) is 0 Å². The van der Waals surface area contributed by atoms with Crippen LogP contribution in [0.3, 0.4) is 0 Å². The predicted octanol–water partition coefficient (Wildman–Crippen LogP) is 12.7. The molecule has 58 heavy (non-hydrogen) atoms. The van der Waals surface area contributed by atoms with Gasteiger partial charge in [-0.3, -0.25) is 8.97 Å². The third-order valence-electron chi connectivity index (χ3n) is 11.3. The van der Waals surface area contributed by atoms with Gasteiger partial charge in [0.2, 0.25) is 5.95 Å². The van der Waals surface area contributed by atoms with E-state index in [0.717, 1.165) is 93.5 Å². The molecule has 4 aromatic heterocycles. The third-order valence-corrected chi connectivity index (χ3v) is 11.3. The highest BCUT2D eigenvalue weighted by Gasteiger charge is 2.23. The third kappa shape index (κ3) is 4.98. The van der Waals surface area contributed by atoms with Crippen molar-refractivity contribution in [3.8, 4) is 51.0 Å². The summed E-state index contributed by atoms with van der Waals surface area (Å²) in [5.41, 5.74) is 12.3. The molecule has 270 valence electrons. The zero-order valence-electron chi connectivity index (χ0n) is 31.2. The van der Waals surface area contributed by atoms with Gasteiger partial charge in [0.15, 0.2) is 11.6 Å². The molecule has 6 nitrogen and oxygen atoms in total. The molecule has 4 heterocycles. The number of hydrogen-bond acceptors (Lipinski definition) is 4. The Morgan fingerprint density at radius 2 is 0.828 bits per heavy atom. The Morgan fingerprint density at radius 3 is 1.48 bits per heavy atom. The lowest BCUT2D eigenvalue weighted by atomic mass is 10.0. The second-order valence-corrected chi connectivity index (χ2v) is 14.7. The van der Waals surface area contributed by atoms with Crippen LogP contribution in [0, 0.1) is 0 Å². The lowest BCUT2D eigenvalue weighted by Crippen LogP contribution is -2.07. The molecule has 0 amide bonds. The number of rotatable bonds is 5. The van der Waals surface area contributed by atoms with E-state index < -0.39 is 0 Å². The zero-order valence-corrected chi connectivity index (χ0v) is 31.2. The van der Waals surface area contributed by atoms with Crippen molar-refractivity contribution in [2.45, 2.75) is 0 Å². The number of imidazole rings is 1. The molecule has 0 N–H and O–H groups in total. The smallest absolute Gasteiger partial charge is 0.238 e. The molecular weight excluding hydrogens is 709 g/mol. The highest BCUT2D eigenvalue weighted by molar-refractivity contribution is 6.27. The van der Waals surface area contributed by atoms with E-state index in [0.29, 0.717) is 17.6 Å². The van der Waals surface area contributed by atoms with Crippen LogP contribution in [0.1, 0.15) is 0 Å². The summed E-state index contributed by atoms with van der Waals surface area (Å²) in [7, 11) is 0. The highest BCUT2D eigenvalue weighted by Crippen LogP contribution is 2.41. The Hall–Kier alpha value is -7.96. The number of para-hydroxylation sites is 4. The summed E-state index contributed by atoms with van der Waals surface area (Å²) in [6, 6.07) is 67.9. The second-order valence-electron chi connectivity index (χ2n) is 14.7. The van der Waals surface area contributed by atoms with E-state index >= 15 is 0 Å². The Balaban J connectivity index is 1.21. The fourth-order valence-corrected chi connectivity index (χ4v) is 8.71. The van der Waals surface area contributed by atoms with Crippen molar-refractivity contribution in [2.75, 3.05) is 0 Å². The molecule has 0 spiro atoms. The lowest BCUT2D eigenvalue weighted by molar-refractivity contribution is 0.955. The summed E-state index contributed by atoms with van der Waals surface area (Å²) in [6.45, 7) is 0. The van der Waals surface area contributed by atoms with Gasteiger partial charge < -0.3 is 0 Å². The van der Waals surface area contributed by atoms with Crippen molar-refractivity contribution in [1.82, 2.24) is 28.9 Å². The van der Waals surface area contributed by atoms with Gasteiger partial charge in [-0.2, -0.15) is 9.97 Å². The van der Waals surface area contributed by atoms with E-state index in [-0.39, 0.29) is 0 Å². The Kier molecular flexibility index (Phi) is 7.13. The monoisotopic (exact) mass is 740 g/mol. The number of aromatic nitrogens is 6. The van der Waals surface area contributed by atoms with Gasteiger partial charge in [-0.15, -0.1) is 0 Å². The molecule has 0 unspecified atom stereocenters. The molecular formula is C52H32N6. The molecule has 12 rings (SSSR count). The summed E-state index contributed by atoms with van der Waals surface area (Å²) in [5, 5.41) is 5.54. The van der Waals surface area contributed by atoms with E-state index in [2.05, 4.69) is 191 Å². The van der Waals surface area contributed by atoms with Crippen molar-refractivity contribution >= 4 is 60.2 Å². The fraction of sp³-hybridized carbons (Fsp3) is 0. The van der Waals surface area contributed by atoms with Gasteiger partial charge in [0.05, 0.1) is 33.0 Å². The SMILES string of the molecule is c1ccc(-c2cccc(-c3nc(-c4cccc(-c5ccccc5)c4)nc(-n4c5ccccc5c5ccc6c7ccccc7n7c8ccccc8nc7c6c54)n3)c2)cc1. The maximum absolute atomic E-state index is 5.39. The molecule has 12 aromatic rings. The first kappa shape index (κ1) is 32.3. The Labute approximate surface area is 333 Å². The van der Waals surface area contributed by atoms with Crippen molar-refractivity contribution < 1.29 is 0 Å². The molecule has 0 saturated carbocycles.